The van der Waals surface area contributed by atoms with Crippen LogP contribution in [0.5, 0.6) is 0 Å². The Morgan fingerprint density at radius 1 is 1.40 bits per heavy atom. The first-order valence-electron chi connectivity index (χ1n) is 7.80. The van der Waals surface area contributed by atoms with E-state index in [1.54, 1.807) is 4.90 Å². The Hall–Kier alpha value is -1.10. The predicted molar refractivity (Wildman–Crippen MR) is 78.2 cm³/mol. The predicted octanol–water partition coefficient (Wildman–Crippen LogP) is 1.44. The summed E-state index contributed by atoms with van der Waals surface area (Å²) in [5.74, 6) is 0.0509. The van der Waals surface area contributed by atoms with E-state index in [2.05, 4.69) is 5.32 Å². The molecule has 116 valence electrons. The first-order chi connectivity index (χ1) is 9.60. The third-order valence-corrected chi connectivity index (χ3v) is 3.77. The van der Waals surface area contributed by atoms with Crippen molar-refractivity contribution in [2.75, 3.05) is 13.2 Å². The summed E-state index contributed by atoms with van der Waals surface area (Å²) >= 11 is 0. The molecule has 0 radical (unpaired) electrons. The lowest BCUT2D eigenvalue weighted by Gasteiger charge is -2.35. The topological polar surface area (TPSA) is 69.6 Å². The van der Waals surface area contributed by atoms with E-state index in [-0.39, 0.29) is 30.5 Å². The van der Waals surface area contributed by atoms with E-state index >= 15 is 0 Å². The minimum absolute atomic E-state index is 0.0414. The van der Waals surface area contributed by atoms with E-state index in [9.17, 15) is 9.59 Å². The molecule has 0 aromatic heterocycles. The highest BCUT2D eigenvalue weighted by molar-refractivity contribution is 5.88. The molecule has 20 heavy (non-hydrogen) atoms. The van der Waals surface area contributed by atoms with Crippen molar-refractivity contribution in [1.82, 2.24) is 10.2 Å². The Morgan fingerprint density at radius 2 is 2.15 bits per heavy atom. The van der Waals surface area contributed by atoms with Crippen LogP contribution in [0.1, 0.15) is 58.8 Å². The number of aliphatic hydroxyl groups is 1. The number of likely N-dealkylation sites (tertiary alicyclic amines) is 1. The number of piperidine rings is 1. The van der Waals surface area contributed by atoms with Crippen molar-refractivity contribution in [3.05, 3.63) is 0 Å². The molecule has 0 aromatic carbocycles. The molecule has 0 bridgehead atoms. The van der Waals surface area contributed by atoms with E-state index in [1.807, 2.05) is 13.8 Å². The number of carbonyl (C=O) groups is 2. The van der Waals surface area contributed by atoms with E-state index in [1.165, 1.54) is 0 Å². The number of nitrogens with zero attached hydrogens (tertiary/aromatic N) is 1. The smallest absolute Gasteiger partial charge is 0.243 e. The molecule has 1 heterocycles. The Bertz CT molecular complexity index is 320. The van der Waals surface area contributed by atoms with Gasteiger partial charge in [-0.25, -0.2) is 0 Å². The van der Waals surface area contributed by atoms with Crippen LogP contribution >= 0.6 is 0 Å². The van der Waals surface area contributed by atoms with Gasteiger partial charge < -0.3 is 15.3 Å². The Balaban J connectivity index is 2.55. The molecule has 5 nitrogen and oxygen atoms in total. The lowest BCUT2D eigenvalue weighted by molar-refractivity contribution is -0.142. The molecule has 2 amide bonds. The Morgan fingerprint density at radius 3 is 2.80 bits per heavy atom. The number of nitrogens with one attached hydrogen (secondary N) is 1. The Kier molecular flexibility index (Phi) is 7.59. The lowest BCUT2D eigenvalue weighted by atomic mass is 10.00. The number of carbonyl (C=O) groups excluding carboxylic acids is 2. The van der Waals surface area contributed by atoms with E-state index in [0.717, 1.165) is 32.1 Å². The molecular weight excluding hydrogens is 256 g/mol. The first kappa shape index (κ1) is 17.0. The van der Waals surface area contributed by atoms with Gasteiger partial charge in [-0.05, 0) is 45.4 Å². The number of amides is 2. The molecule has 2 atom stereocenters. The van der Waals surface area contributed by atoms with Crippen molar-refractivity contribution in [3.63, 3.8) is 0 Å². The summed E-state index contributed by atoms with van der Waals surface area (Å²) in [6.45, 7) is 4.76. The fraction of sp³-hybridized carbons (Fsp3) is 0.867. The molecule has 0 saturated carbocycles. The maximum absolute atomic E-state index is 12.3. The summed E-state index contributed by atoms with van der Waals surface area (Å²) in [5.41, 5.74) is 0. The van der Waals surface area contributed by atoms with Crippen molar-refractivity contribution in [3.8, 4) is 0 Å². The fourth-order valence-corrected chi connectivity index (χ4v) is 2.67. The maximum Gasteiger partial charge on any atom is 0.243 e. The highest BCUT2D eigenvalue weighted by Gasteiger charge is 2.31. The van der Waals surface area contributed by atoms with Crippen molar-refractivity contribution in [2.45, 2.75) is 70.9 Å². The van der Waals surface area contributed by atoms with Crippen LogP contribution in [-0.4, -0.2) is 47.1 Å². The molecule has 5 heteroatoms. The Labute approximate surface area is 121 Å². The molecule has 0 aliphatic carbocycles. The van der Waals surface area contributed by atoms with Crippen molar-refractivity contribution in [1.29, 1.82) is 0 Å². The molecule has 1 rings (SSSR count). The van der Waals surface area contributed by atoms with Gasteiger partial charge >= 0.3 is 0 Å². The van der Waals surface area contributed by atoms with E-state index in [4.69, 9.17) is 5.11 Å². The minimum atomic E-state index is -0.306. The number of hydrogen-bond acceptors (Lipinski definition) is 3. The van der Waals surface area contributed by atoms with E-state index < -0.39 is 0 Å². The average Bonchev–Trinajstić information content (AvgIpc) is 2.45. The van der Waals surface area contributed by atoms with Crippen molar-refractivity contribution < 1.29 is 14.7 Å². The van der Waals surface area contributed by atoms with E-state index in [0.29, 0.717) is 19.4 Å². The van der Waals surface area contributed by atoms with Crippen LogP contribution in [-0.2, 0) is 9.59 Å². The third-order valence-electron chi connectivity index (χ3n) is 3.77. The highest BCUT2D eigenvalue weighted by Crippen LogP contribution is 2.19. The number of rotatable bonds is 7. The van der Waals surface area contributed by atoms with Gasteiger partial charge in [-0.1, -0.05) is 6.92 Å². The van der Waals surface area contributed by atoms with Crippen molar-refractivity contribution in [2.24, 2.45) is 0 Å². The molecular formula is C15H28N2O3. The van der Waals surface area contributed by atoms with Gasteiger partial charge in [0.25, 0.3) is 0 Å². The molecule has 2 unspecified atom stereocenters. The van der Waals surface area contributed by atoms with Gasteiger partial charge in [0.05, 0.1) is 0 Å². The highest BCUT2D eigenvalue weighted by atomic mass is 16.3. The van der Waals surface area contributed by atoms with Gasteiger partial charge in [0.1, 0.15) is 6.04 Å². The monoisotopic (exact) mass is 284 g/mol. The largest absolute Gasteiger partial charge is 0.396 e. The van der Waals surface area contributed by atoms with Crippen LogP contribution in [0, 0.1) is 0 Å². The summed E-state index contributed by atoms with van der Waals surface area (Å²) in [4.78, 5) is 26.2. The zero-order chi connectivity index (χ0) is 15.0. The van der Waals surface area contributed by atoms with Gasteiger partial charge in [0.15, 0.2) is 0 Å². The summed E-state index contributed by atoms with van der Waals surface area (Å²) in [6, 6.07) is -0.265. The second-order valence-corrected chi connectivity index (χ2v) is 5.62. The molecule has 1 aliphatic rings. The van der Waals surface area contributed by atoms with Crippen LogP contribution in [0.3, 0.4) is 0 Å². The van der Waals surface area contributed by atoms with Gasteiger partial charge in [-0.3, -0.25) is 9.59 Å². The van der Waals surface area contributed by atoms with Crippen molar-refractivity contribution >= 4 is 11.8 Å². The lowest BCUT2D eigenvalue weighted by Crippen LogP contribution is -2.53. The maximum atomic E-state index is 12.3. The van der Waals surface area contributed by atoms with Gasteiger partial charge in [0.2, 0.25) is 11.8 Å². The zero-order valence-corrected chi connectivity index (χ0v) is 12.7. The molecule has 1 fully saturated rings. The minimum Gasteiger partial charge on any atom is -0.396 e. The quantitative estimate of drug-likeness (QED) is 0.743. The molecule has 1 saturated heterocycles. The standard InChI is InChI=1S/C15H28N2O3/c1-3-7-14(19)17-10-5-4-9-13(17)15(20)16-12(2)8-6-11-18/h12-13,18H,3-11H2,1-2H3,(H,16,20). The fourth-order valence-electron chi connectivity index (χ4n) is 2.67. The molecule has 0 spiro atoms. The molecule has 1 aliphatic heterocycles. The second kappa shape index (κ2) is 8.95. The van der Waals surface area contributed by atoms with Crippen LogP contribution < -0.4 is 5.32 Å². The van der Waals surface area contributed by atoms with Crippen LogP contribution in [0.2, 0.25) is 0 Å². The zero-order valence-electron chi connectivity index (χ0n) is 12.7. The van der Waals surface area contributed by atoms with Gasteiger partial charge in [-0.2, -0.15) is 0 Å². The number of aliphatic hydroxyl groups excluding tert-OH is 1. The SMILES string of the molecule is CCCC(=O)N1CCCCC1C(=O)NC(C)CCCO. The van der Waals surface area contributed by atoms with Crippen LogP contribution in [0.4, 0.5) is 0 Å². The molecule has 2 N–H and O–H groups in total. The normalized spacial score (nSPS) is 20.6. The first-order valence-corrected chi connectivity index (χ1v) is 7.80. The van der Waals surface area contributed by atoms with Gasteiger partial charge in [-0.15, -0.1) is 0 Å². The summed E-state index contributed by atoms with van der Waals surface area (Å²) in [5, 5.41) is 11.8. The summed E-state index contributed by atoms with van der Waals surface area (Å²) < 4.78 is 0. The summed E-state index contributed by atoms with van der Waals surface area (Å²) in [6.07, 6.45) is 5.52. The van der Waals surface area contributed by atoms with Crippen LogP contribution in [0.15, 0.2) is 0 Å². The van der Waals surface area contributed by atoms with Gasteiger partial charge in [0, 0.05) is 25.6 Å². The van der Waals surface area contributed by atoms with Crippen LogP contribution in [0.25, 0.3) is 0 Å². The number of hydrogen-bond donors (Lipinski definition) is 2. The summed E-state index contributed by atoms with van der Waals surface area (Å²) in [7, 11) is 0. The average molecular weight is 284 g/mol. The molecule has 0 aromatic rings. The third kappa shape index (κ3) is 5.12. The second-order valence-electron chi connectivity index (χ2n) is 5.62.